The normalized spacial score (nSPS) is 29.3. The van der Waals surface area contributed by atoms with E-state index in [-0.39, 0.29) is 17.4 Å². The zero-order valence-electron chi connectivity index (χ0n) is 15.1. The highest BCUT2D eigenvalue weighted by atomic mass is 16.5. The van der Waals surface area contributed by atoms with Gasteiger partial charge in [-0.25, -0.2) is 0 Å². The second-order valence-electron chi connectivity index (χ2n) is 8.05. The van der Waals surface area contributed by atoms with Gasteiger partial charge in [0.25, 0.3) is 5.91 Å². The maximum Gasteiger partial charge on any atom is 0.255 e. The molecule has 0 unspecified atom stereocenters. The lowest BCUT2D eigenvalue weighted by Gasteiger charge is -2.50. The lowest BCUT2D eigenvalue weighted by molar-refractivity contribution is -0.147. The Morgan fingerprint density at radius 1 is 1.40 bits per heavy atom. The Bertz CT molecular complexity index is 631. The Kier molecular flexibility index (Phi) is 4.78. The van der Waals surface area contributed by atoms with E-state index >= 15 is 0 Å². The Hall–Kier alpha value is -1.46. The third kappa shape index (κ3) is 3.72. The van der Waals surface area contributed by atoms with Gasteiger partial charge in [0.2, 0.25) is 0 Å². The highest BCUT2D eigenvalue weighted by Crippen LogP contribution is 2.41. The average molecular weight is 344 g/mol. The van der Waals surface area contributed by atoms with Gasteiger partial charge in [-0.2, -0.15) is 0 Å². The number of amides is 1. The third-order valence-electron chi connectivity index (χ3n) is 5.84. The molecule has 25 heavy (non-hydrogen) atoms. The van der Waals surface area contributed by atoms with E-state index in [1.54, 1.807) is 12.4 Å². The van der Waals surface area contributed by atoms with Gasteiger partial charge >= 0.3 is 0 Å². The summed E-state index contributed by atoms with van der Waals surface area (Å²) >= 11 is 0. The van der Waals surface area contributed by atoms with Crippen molar-refractivity contribution in [2.75, 3.05) is 32.9 Å². The predicted molar refractivity (Wildman–Crippen MR) is 94.4 cm³/mol. The van der Waals surface area contributed by atoms with Crippen molar-refractivity contribution in [1.29, 1.82) is 0 Å². The molecule has 1 aromatic rings. The van der Waals surface area contributed by atoms with E-state index in [1.807, 2.05) is 17.9 Å². The Morgan fingerprint density at radius 2 is 2.28 bits per heavy atom. The van der Waals surface area contributed by atoms with Crippen LogP contribution in [-0.4, -0.2) is 54.8 Å². The van der Waals surface area contributed by atoms with Gasteiger partial charge in [-0.3, -0.25) is 9.78 Å². The Morgan fingerprint density at radius 3 is 3.08 bits per heavy atom. The molecule has 1 aromatic heterocycles. The van der Waals surface area contributed by atoms with Crippen molar-refractivity contribution in [3.05, 3.63) is 29.6 Å². The van der Waals surface area contributed by atoms with Crippen LogP contribution in [0.2, 0.25) is 0 Å². The molecule has 1 saturated carbocycles. The van der Waals surface area contributed by atoms with Gasteiger partial charge in [-0.1, -0.05) is 0 Å². The molecule has 4 rings (SSSR count). The van der Waals surface area contributed by atoms with E-state index in [0.29, 0.717) is 12.2 Å². The summed E-state index contributed by atoms with van der Waals surface area (Å²) in [5, 5.41) is 0. The number of likely N-dealkylation sites (tertiary alicyclic amines) is 1. The number of ether oxygens (including phenoxy) is 2. The molecule has 2 aliphatic heterocycles. The first kappa shape index (κ1) is 17.0. The summed E-state index contributed by atoms with van der Waals surface area (Å²) in [7, 11) is 0. The topological polar surface area (TPSA) is 51.7 Å². The lowest BCUT2D eigenvalue weighted by Crippen LogP contribution is -2.58. The number of rotatable bonds is 5. The first-order chi connectivity index (χ1) is 12.2. The van der Waals surface area contributed by atoms with Crippen molar-refractivity contribution in [2.45, 2.75) is 45.1 Å². The van der Waals surface area contributed by atoms with Crippen LogP contribution in [0, 0.1) is 18.3 Å². The minimum Gasteiger partial charge on any atom is -0.380 e. The molecule has 2 atom stereocenters. The summed E-state index contributed by atoms with van der Waals surface area (Å²) in [6, 6.07) is 1.93. The summed E-state index contributed by atoms with van der Waals surface area (Å²) in [6.45, 7) is 5.87. The van der Waals surface area contributed by atoms with Crippen LogP contribution in [-0.2, 0) is 9.47 Å². The smallest absolute Gasteiger partial charge is 0.255 e. The van der Waals surface area contributed by atoms with Crippen molar-refractivity contribution in [3.63, 3.8) is 0 Å². The fourth-order valence-corrected chi connectivity index (χ4v) is 4.24. The van der Waals surface area contributed by atoms with E-state index in [0.717, 1.165) is 57.0 Å². The molecule has 3 heterocycles. The van der Waals surface area contributed by atoms with Crippen LogP contribution in [0.3, 0.4) is 0 Å². The van der Waals surface area contributed by atoms with Gasteiger partial charge in [0.15, 0.2) is 0 Å². The summed E-state index contributed by atoms with van der Waals surface area (Å²) in [5.41, 5.74) is 1.66. The van der Waals surface area contributed by atoms with E-state index in [1.165, 1.54) is 12.8 Å². The van der Waals surface area contributed by atoms with Crippen LogP contribution in [0.4, 0.5) is 0 Å². The molecule has 5 heteroatoms. The predicted octanol–water partition coefficient (Wildman–Crippen LogP) is 2.83. The second-order valence-corrected chi connectivity index (χ2v) is 8.05. The molecule has 2 saturated heterocycles. The van der Waals surface area contributed by atoms with Crippen LogP contribution in [0.25, 0.3) is 0 Å². The molecule has 136 valence electrons. The van der Waals surface area contributed by atoms with Crippen molar-refractivity contribution >= 4 is 5.91 Å². The average Bonchev–Trinajstić information content (AvgIpc) is 3.45. The molecular formula is C20H28N2O3. The van der Waals surface area contributed by atoms with Gasteiger partial charge in [0.1, 0.15) is 0 Å². The number of piperidine rings is 1. The molecule has 5 nitrogen and oxygen atoms in total. The van der Waals surface area contributed by atoms with Crippen LogP contribution in [0.15, 0.2) is 18.5 Å². The Balaban J connectivity index is 1.47. The molecule has 0 aromatic carbocycles. The minimum absolute atomic E-state index is 0.0433. The van der Waals surface area contributed by atoms with Gasteiger partial charge in [0, 0.05) is 44.1 Å². The van der Waals surface area contributed by atoms with Crippen LogP contribution >= 0.6 is 0 Å². The monoisotopic (exact) mass is 344 g/mol. The van der Waals surface area contributed by atoms with E-state index < -0.39 is 0 Å². The number of fused-ring (bicyclic) bond motifs is 1. The first-order valence-corrected chi connectivity index (χ1v) is 9.57. The molecular weight excluding hydrogens is 316 g/mol. The maximum absolute atomic E-state index is 13.0. The lowest BCUT2D eigenvalue weighted by atomic mass is 9.73. The summed E-state index contributed by atoms with van der Waals surface area (Å²) in [6.07, 6.45) is 9.32. The van der Waals surface area contributed by atoms with Crippen LogP contribution in [0.5, 0.6) is 0 Å². The number of pyridine rings is 1. The van der Waals surface area contributed by atoms with E-state index in [2.05, 4.69) is 4.98 Å². The zero-order chi connectivity index (χ0) is 17.3. The van der Waals surface area contributed by atoms with Crippen molar-refractivity contribution in [2.24, 2.45) is 11.3 Å². The number of carbonyl (C=O) groups excluding carboxylic acids is 1. The molecule has 0 radical (unpaired) electrons. The van der Waals surface area contributed by atoms with Gasteiger partial charge in [-0.15, -0.1) is 0 Å². The largest absolute Gasteiger partial charge is 0.380 e. The third-order valence-corrected chi connectivity index (χ3v) is 5.84. The van der Waals surface area contributed by atoms with Crippen molar-refractivity contribution < 1.29 is 14.3 Å². The Labute approximate surface area is 149 Å². The van der Waals surface area contributed by atoms with Crippen LogP contribution < -0.4 is 0 Å². The number of aryl methyl sites for hydroxylation is 1. The van der Waals surface area contributed by atoms with Gasteiger partial charge in [-0.05, 0) is 56.6 Å². The number of carbonyl (C=O) groups is 1. The summed E-state index contributed by atoms with van der Waals surface area (Å²) in [5.74, 6) is 0.848. The molecule has 1 aliphatic carbocycles. The molecule has 0 N–H and O–H groups in total. The number of hydrogen-bond donors (Lipinski definition) is 0. The number of aromatic nitrogens is 1. The molecule has 1 amide bonds. The van der Waals surface area contributed by atoms with E-state index in [9.17, 15) is 4.79 Å². The zero-order valence-corrected chi connectivity index (χ0v) is 15.1. The number of nitrogens with zero attached hydrogens (tertiary/aromatic N) is 2. The van der Waals surface area contributed by atoms with Crippen LogP contribution in [0.1, 0.15) is 48.0 Å². The van der Waals surface area contributed by atoms with Gasteiger partial charge in [0.05, 0.1) is 18.3 Å². The molecule has 3 fully saturated rings. The summed E-state index contributed by atoms with van der Waals surface area (Å²) in [4.78, 5) is 19.1. The second kappa shape index (κ2) is 7.04. The summed E-state index contributed by atoms with van der Waals surface area (Å²) < 4.78 is 12.2. The van der Waals surface area contributed by atoms with Crippen molar-refractivity contribution in [1.82, 2.24) is 9.88 Å². The molecule has 0 bridgehead atoms. The fourth-order valence-electron chi connectivity index (χ4n) is 4.24. The minimum atomic E-state index is -0.0433. The number of hydrogen-bond acceptors (Lipinski definition) is 4. The quantitative estimate of drug-likeness (QED) is 0.824. The highest BCUT2D eigenvalue weighted by molar-refractivity contribution is 5.94. The van der Waals surface area contributed by atoms with Crippen molar-refractivity contribution in [3.8, 4) is 0 Å². The molecule has 3 aliphatic rings. The maximum atomic E-state index is 13.0. The fraction of sp³-hybridized carbons (Fsp3) is 0.700. The standard InChI is InChI=1S/C20H28N2O3/c1-15-9-17(11-21-10-15)19(23)22-7-5-18-20(13-22,6-2-8-25-18)14-24-12-16-3-4-16/h9-11,16,18H,2-8,12-14H2,1H3/t18-,20+/m1/s1. The SMILES string of the molecule is Cc1cncc(C(=O)N2CC[C@H]3OCCC[C@@]3(COCC3CC3)C2)c1. The first-order valence-electron chi connectivity index (χ1n) is 9.57. The van der Waals surface area contributed by atoms with E-state index in [4.69, 9.17) is 9.47 Å². The molecule has 0 spiro atoms. The highest BCUT2D eigenvalue weighted by Gasteiger charge is 2.47. The van der Waals surface area contributed by atoms with Gasteiger partial charge < -0.3 is 14.4 Å².